The lowest BCUT2D eigenvalue weighted by atomic mass is 9.96. The molecular weight excluding hydrogens is 372 g/mol. The van der Waals surface area contributed by atoms with Crippen LogP contribution in [0.4, 0.5) is 0 Å². The molecule has 0 heterocycles. The molecule has 31 heavy (non-hydrogen) atoms. The summed E-state index contributed by atoms with van der Waals surface area (Å²) in [7, 11) is 0. The summed E-state index contributed by atoms with van der Waals surface area (Å²) in [4.78, 5) is 0. The molecule has 0 unspecified atom stereocenters. The Hall–Kier alpha value is -2.60. The predicted molar refractivity (Wildman–Crippen MR) is 142 cm³/mol. The van der Waals surface area contributed by atoms with E-state index in [-0.39, 0.29) is 0 Å². The molecule has 0 heteroatoms. The summed E-state index contributed by atoms with van der Waals surface area (Å²) >= 11 is 0. The first-order chi connectivity index (χ1) is 14.7. The lowest BCUT2D eigenvalue weighted by molar-refractivity contribution is 0.737. The van der Waals surface area contributed by atoms with Crippen LogP contribution in [0.1, 0.15) is 75.8 Å². The third-order valence-corrected chi connectivity index (χ3v) is 5.44. The average molecular weight is 413 g/mol. The molecule has 0 atom stereocenters. The summed E-state index contributed by atoms with van der Waals surface area (Å²) in [5, 5.41) is 2.71. The smallest absolute Gasteiger partial charge is 0.0146 e. The molecule has 0 fully saturated rings. The molecule has 0 spiro atoms. The maximum Gasteiger partial charge on any atom is -0.0146 e. The normalized spacial score (nSPS) is 12.2. The van der Waals surface area contributed by atoms with Gasteiger partial charge in [-0.15, -0.1) is 0 Å². The Bertz CT molecular complexity index is 1040. The number of fused-ring (bicyclic) bond motifs is 1. The first-order valence-electron chi connectivity index (χ1n) is 11.7. The monoisotopic (exact) mass is 412 g/mol. The second-order valence-corrected chi connectivity index (χ2v) is 9.34. The van der Waals surface area contributed by atoms with Crippen LogP contribution in [-0.4, -0.2) is 0 Å². The van der Waals surface area contributed by atoms with Crippen molar-refractivity contribution in [1.29, 1.82) is 0 Å². The van der Waals surface area contributed by atoms with E-state index in [9.17, 15) is 0 Å². The van der Waals surface area contributed by atoms with Crippen LogP contribution in [-0.2, 0) is 6.42 Å². The molecule has 0 radical (unpaired) electrons. The van der Waals surface area contributed by atoms with Gasteiger partial charge in [-0.3, -0.25) is 0 Å². The van der Waals surface area contributed by atoms with E-state index in [1.807, 2.05) is 0 Å². The summed E-state index contributed by atoms with van der Waals surface area (Å²) in [5.74, 6) is 0.833. The fourth-order valence-electron chi connectivity index (χ4n) is 3.55. The average Bonchev–Trinajstić information content (AvgIpc) is 2.74. The minimum atomic E-state index is 0.833. The minimum Gasteiger partial charge on any atom is -0.0651 e. The predicted octanol–water partition coefficient (Wildman–Crippen LogP) is 9.58. The van der Waals surface area contributed by atoms with Crippen molar-refractivity contribution in [1.82, 2.24) is 0 Å². The van der Waals surface area contributed by atoms with Crippen molar-refractivity contribution in [2.75, 3.05) is 0 Å². The first-order valence-corrected chi connectivity index (χ1v) is 11.7. The van der Waals surface area contributed by atoms with Gasteiger partial charge in [0.2, 0.25) is 0 Å². The van der Waals surface area contributed by atoms with Gasteiger partial charge in [0.05, 0.1) is 0 Å². The molecule has 0 aliphatic carbocycles. The third kappa shape index (κ3) is 7.24. The zero-order valence-electron chi connectivity index (χ0n) is 20.8. The summed E-state index contributed by atoms with van der Waals surface area (Å²) in [6.07, 6.45) is 6.82. The number of aryl methyl sites for hydroxylation is 3. The number of benzene rings is 3. The Morgan fingerprint density at radius 2 is 1.19 bits per heavy atom. The highest BCUT2D eigenvalue weighted by atomic mass is 14.1. The molecule has 0 aliphatic rings. The molecular formula is C31H40. The van der Waals surface area contributed by atoms with E-state index >= 15 is 0 Å². The second-order valence-electron chi connectivity index (χ2n) is 9.34. The summed E-state index contributed by atoms with van der Waals surface area (Å²) in [5.41, 5.74) is 9.27. The Kier molecular flexibility index (Phi) is 9.31. The molecule has 164 valence electrons. The Morgan fingerprint density at radius 3 is 1.74 bits per heavy atom. The van der Waals surface area contributed by atoms with Crippen molar-refractivity contribution in [3.05, 3.63) is 94.6 Å². The van der Waals surface area contributed by atoms with Crippen LogP contribution in [0.5, 0.6) is 0 Å². The van der Waals surface area contributed by atoms with E-state index in [1.165, 1.54) is 56.2 Å². The van der Waals surface area contributed by atoms with Crippen LogP contribution < -0.4 is 0 Å². The van der Waals surface area contributed by atoms with Gasteiger partial charge in [-0.25, -0.2) is 0 Å². The topological polar surface area (TPSA) is 0 Å². The Labute approximate surface area is 190 Å². The molecule has 3 aromatic carbocycles. The van der Waals surface area contributed by atoms with Crippen LogP contribution in [0.15, 0.2) is 66.7 Å². The van der Waals surface area contributed by atoms with Gasteiger partial charge in [-0.1, -0.05) is 94.8 Å². The van der Waals surface area contributed by atoms with Crippen molar-refractivity contribution in [3.63, 3.8) is 0 Å². The second kappa shape index (κ2) is 11.7. The number of rotatable bonds is 5. The SMILES string of the molecule is CC(C)C.CCCc1ccc(/C(C)=C/C=C(\C)c2ccc3c(C)ccc(C)c3c2)cc1. The maximum atomic E-state index is 2.33. The maximum absolute atomic E-state index is 2.33. The lowest BCUT2D eigenvalue weighted by Gasteiger charge is -2.09. The van der Waals surface area contributed by atoms with E-state index in [0.29, 0.717) is 0 Å². The van der Waals surface area contributed by atoms with Crippen LogP contribution >= 0.6 is 0 Å². The van der Waals surface area contributed by atoms with E-state index in [4.69, 9.17) is 0 Å². The number of allylic oxidation sites excluding steroid dienone is 4. The van der Waals surface area contributed by atoms with Crippen molar-refractivity contribution in [2.45, 2.75) is 68.2 Å². The van der Waals surface area contributed by atoms with E-state index in [2.05, 4.69) is 122 Å². The zero-order valence-corrected chi connectivity index (χ0v) is 20.8. The van der Waals surface area contributed by atoms with E-state index in [1.54, 1.807) is 0 Å². The van der Waals surface area contributed by atoms with Gasteiger partial charge in [0.15, 0.2) is 0 Å². The zero-order chi connectivity index (χ0) is 23.0. The van der Waals surface area contributed by atoms with Crippen molar-refractivity contribution in [3.8, 4) is 0 Å². The summed E-state index contributed by atoms with van der Waals surface area (Å²) < 4.78 is 0. The molecule has 0 saturated heterocycles. The Balaban J connectivity index is 0.000000785. The van der Waals surface area contributed by atoms with Gasteiger partial charge in [-0.2, -0.15) is 0 Å². The molecule has 0 saturated carbocycles. The number of hydrogen-bond donors (Lipinski definition) is 0. The first kappa shape index (κ1) is 24.7. The highest BCUT2D eigenvalue weighted by Gasteiger charge is 2.03. The van der Waals surface area contributed by atoms with Crippen molar-refractivity contribution >= 4 is 21.9 Å². The molecule has 3 aromatic rings. The van der Waals surface area contributed by atoms with Gasteiger partial charge in [0, 0.05) is 0 Å². The van der Waals surface area contributed by atoms with Crippen molar-refractivity contribution < 1.29 is 0 Å². The minimum absolute atomic E-state index is 0.833. The lowest BCUT2D eigenvalue weighted by Crippen LogP contribution is -1.86. The van der Waals surface area contributed by atoms with Crippen molar-refractivity contribution in [2.24, 2.45) is 5.92 Å². The Morgan fingerprint density at radius 1 is 0.710 bits per heavy atom. The highest BCUT2D eigenvalue weighted by molar-refractivity contribution is 5.91. The fourth-order valence-corrected chi connectivity index (χ4v) is 3.55. The summed E-state index contributed by atoms with van der Waals surface area (Å²) in [6.45, 7) is 17.5. The van der Waals surface area contributed by atoms with Gasteiger partial charge >= 0.3 is 0 Å². The van der Waals surface area contributed by atoms with Gasteiger partial charge in [0.1, 0.15) is 0 Å². The third-order valence-electron chi connectivity index (χ3n) is 5.44. The van der Waals surface area contributed by atoms with Gasteiger partial charge < -0.3 is 0 Å². The largest absolute Gasteiger partial charge is 0.0651 e. The van der Waals surface area contributed by atoms with Gasteiger partial charge in [0.25, 0.3) is 0 Å². The quantitative estimate of drug-likeness (QED) is 0.366. The highest BCUT2D eigenvalue weighted by Crippen LogP contribution is 2.26. The van der Waals surface area contributed by atoms with Gasteiger partial charge in [-0.05, 0) is 95.8 Å². The van der Waals surface area contributed by atoms with E-state index < -0.39 is 0 Å². The molecule has 0 N–H and O–H groups in total. The molecule has 0 aliphatic heterocycles. The molecule has 0 amide bonds. The van der Waals surface area contributed by atoms with E-state index in [0.717, 1.165) is 12.3 Å². The fraction of sp³-hybridized carbons (Fsp3) is 0.355. The van der Waals surface area contributed by atoms with Crippen LogP contribution in [0.25, 0.3) is 21.9 Å². The van der Waals surface area contributed by atoms with Crippen LogP contribution in [0.2, 0.25) is 0 Å². The molecule has 0 bridgehead atoms. The standard InChI is InChI=1S/C27H30.C4H10/c1-6-7-23-12-14-24(15-13-23)19(2)8-9-20(3)25-16-17-26-21(4)10-11-22(5)27(26)18-25;1-4(2)3/h8-18H,6-7H2,1-5H3;4H,1-3H3/b19-8+,20-9+;. The van der Waals surface area contributed by atoms with Crippen LogP contribution in [0.3, 0.4) is 0 Å². The molecule has 0 nitrogen and oxygen atoms in total. The molecule has 3 rings (SSSR count). The molecule has 0 aromatic heterocycles. The summed E-state index contributed by atoms with van der Waals surface area (Å²) in [6, 6.07) is 20.2. The van der Waals surface area contributed by atoms with Crippen LogP contribution in [0, 0.1) is 19.8 Å². The number of hydrogen-bond acceptors (Lipinski definition) is 0.